The summed E-state index contributed by atoms with van der Waals surface area (Å²) in [5.41, 5.74) is -3.88. The zero-order chi connectivity index (χ0) is 23.1. The number of ether oxygens (including phenoxy) is 1. The smallest absolute Gasteiger partial charge is 0.450 e. The Morgan fingerprint density at radius 1 is 1.13 bits per heavy atom. The number of alkyl halides is 3. The Labute approximate surface area is 181 Å². The van der Waals surface area contributed by atoms with Crippen LogP contribution >= 0.6 is 0 Å². The third kappa shape index (κ3) is 7.02. The predicted octanol–water partition coefficient (Wildman–Crippen LogP) is 5.20. The Balaban J connectivity index is 2.34. The van der Waals surface area contributed by atoms with Gasteiger partial charge in [-0.2, -0.15) is 21.6 Å². The van der Waals surface area contributed by atoms with Crippen LogP contribution in [0.2, 0.25) is 0 Å². The van der Waals surface area contributed by atoms with Gasteiger partial charge in [0.05, 0.1) is 6.61 Å². The van der Waals surface area contributed by atoms with Crippen LogP contribution in [0.5, 0.6) is 5.75 Å². The van der Waals surface area contributed by atoms with Crippen LogP contribution in [0.3, 0.4) is 0 Å². The molecule has 1 atom stereocenters. The Morgan fingerprint density at radius 2 is 1.84 bits per heavy atom. The SMILES string of the molecule is CCCN(C(=O)OCC)[C@@H]1CCCCCCc2cc(OS(=O)(=O)C(F)(F)F)ccc2C1. The largest absolute Gasteiger partial charge is 0.534 e. The molecule has 10 heteroatoms. The van der Waals surface area contributed by atoms with Crippen LogP contribution in [0.1, 0.15) is 63.5 Å². The van der Waals surface area contributed by atoms with E-state index in [9.17, 15) is 26.4 Å². The van der Waals surface area contributed by atoms with Crippen molar-refractivity contribution in [2.45, 2.75) is 76.8 Å². The molecule has 0 heterocycles. The fourth-order valence-corrected chi connectivity index (χ4v) is 4.25. The van der Waals surface area contributed by atoms with Crippen LogP contribution in [-0.4, -0.2) is 44.1 Å². The third-order valence-corrected chi connectivity index (χ3v) is 6.24. The average Bonchev–Trinajstić information content (AvgIpc) is 2.68. The first-order valence-electron chi connectivity index (χ1n) is 10.6. The molecular formula is C21H30F3NO5S. The van der Waals surface area contributed by atoms with Crippen molar-refractivity contribution < 1.29 is 35.3 Å². The number of halogens is 3. The number of carbonyl (C=O) groups is 1. The summed E-state index contributed by atoms with van der Waals surface area (Å²) in [6.45, 7) is 4.55. The molecule has 1 aliphatic rings. The first-order chi connectivity index (χ1) is 14.6. The molecule has 1 aromatic carbocycles. The highest BCUT2D eigenvalue weighted by atomic mass is 32.2. The highest BCUT2D eigenvalue weighted by molar-refractivity contribution is 7.88. The second-order valence-corrected chi connectivity index (χ2v) is 9.15. The first-order valence-corrected chi connectivity index (χ1v) is 12.1. The number of hydrogen-bond acceptors (Lipinski definition) is 5. The van der Waals surface area contributed by atoms with E-state index in [4.69, 9.17) is 4.74 Å². The molecule has 176 valence electrons. The van der Waals surface area contributed by atoms with Gasteiger partial charge in [-0.1, -0.05) is 32.3 Å². The molecule has 0 radical (unpaired) electrons. The molecule has 0 N–H and O–H groups in total. The van der Waals surface area contributed by atoms with Crippen LogP contribution in [0.4, 0.5) is 18.0 Å². The number of carbonyl (C=O) groups excluding carboxylic acids is 1. The van der Waals surface area contributed by atoms with Gasteiger partial charge in [-0.05, 0) is 62.3 Å². The van der Waals surface area contributed by atoms with Gasteiger partial charge in [0.2, 0.25) is 0 Å². The summed E-state index contributed by atoms with van der Waals surface area (Å²) in [6, 6.07) is 4.09. The van der Waals surface area contributed by atoms with E-state index in [1.54, 1.807) is 17.9 Å². The minimum Gasteiger partial charge on any atom is -0.450 e. The second kappa shape index (κ2) is 11.1. The number of aryl methyl sites for hydroxylation is 1. The van der Waals surface area contributed by atoms with E-state index in [1.165, 1.54) is 12.1 Å². The molecule has 1 aromatic rings. The monoisotopic (exact) mass is 465 g/mol. The second-order valence-electron chi connectivity index (χ2n) is 7.62. The van der Waals surface area contributed by atoms with Crippen LogP contribution < -0.4 is 4.18 Å². The normalized spacial score (nSPS) is 18.0. The molecular weight excluding hydrogens is 435 g/mol. The Bertz CT molecular complexity index is 842. The summed E-state index contributed by atoms with van der Waals surface area (Å²) in [5.74, 6) is -0.361. The number of hydrogen-bond donors (Lipinski definition) is 0. The van der Waals surface area contributed by atoms with E-state index >= 15 is 0 Å². The van der Waals surface area contributed by atoms with Crippen molar-refractivity contribution in [2.24, 2.45) is 0 Å². The summed E-state index contributed by atoms with van der Waals surface area (Å²) in [6.07, 6.45) is 6.01. The number of benzene rings is 1. The highest BCUT2D eigenvalue weighted by Crippen LogP contribution is 2.30. The summed E-state index contributed by atoms with van der Waals surface area (Å²) in [5, 5.41) is 0. The highest BCUT2D eigenvalue weighted by Gasteiger charge is 2.48. The number of fused-ring (bicyclic) bond motifs is 1. The lowest BCUT2D eigenvalue weighted by Crippen LogP contribution is -2.42. The van der Waals surface area contributed by atoms with E-state index in [0.29, 0.717) is 19.4 Å². The maximum Gasteiger partial charge on any atom is 0.534 e. The molecule has 0 saturated carbocycles. The van der Waals surface area contributed by atoms with Crippen LogP contribution in [0.15, 0.2) is 18.2 Å². The Kier molecular flexibility index (Phi) is 9.02. The summed E-state index contributed by atoms with van der Waals surface area (Å²) in [7, 11) is -5.73. The molecule has 0 fully saturated rings. The maximum absolute atomic E-state index is 12.7. The van der Waals surface area contributed by atoms with Gasteiger partial charge < -0.3 is 13.8 Å². The predicted molar refractivity (Wildman–Crippen MR) is 110 cm³/mol. The lowest BCUT2D eigenvalue weighted by Gasteiger charge is -2.32. The molecule has 31 heavy (non-hydrogen) atoms. The van der Waals surface area contributed by atoms with Gasteiger partial charge in [0.25, 0.3) is 0 Å². The van der Waals surface area contributed by atoms with Crippen LogP contribution in [-0.2, 0) is 27.7 Å². The quantitative estimate of drug-likeness (QED) is 0.426. The van der Waals surface area contributed by atoms with Crippen molar-refractivity contribution in [3.8, 4) is 5.75 Å². The van der Waals surface area contributed by atoms with Gasteiger partial charge in [0.1, 0.15) is 5.75 Å². The van der Waals surface area contributed by atoms with Crippen molar-refractivity contribution in [2.75, 3.05) is 13.2 Å². The number of nitrogens with zero attached hydrogens (tertiary/aromatic N) is 1. The molecule has 0 bridgehead atoms. The average molecular weight is 466 g/mol. The Morgan fingerprint density at radius 3 is 2.48 bits per heavy atom. The van der Waals surface area contributed by atoms with Gasteiger partial charge in [-0.3, -0.25) is 0 Å². The maximum atomic E-state index is 12.7. The third-order valence-electron chi connectivity index (χ3n) is 5.26. The van der Waals surface area contributed by atoms with Crippen molar-refractivity contribution >= 4 is 16.2 Å². The van der Waals surface area contributed by atoms with Gasteiger partial charge in [0, 0.05) is 12.6 Å². The molecule has 1 amide bonds. The van der Waals surface area contributed by atoms with Gasteiger partial charge in [0.15, 0.2) is 0 Å². The van der Waals surface area contributed by atoms with E-state index in [1.807, 2.05) is 6.92 Å². The zero-order valence-electron chi connectivity index (χ0n) is 17.9. The molecule has 2 rings (SSSR count). The van der Waals surface area contributed by atoms with E-state index in [2.05, 4.69) is 4.18 Å². The van der Waals surface area contributed by atoms with Crippen LogP contribution in [0.25, 0.3) is 0 Å². The fraction of sp³-hybridized carbons (Fsp3) is 0.667. The standard InChI is InChI=1S/C21H30F3NO5S/c1-3-13-25(20(26)29-4-2)18-10-8-6-5-7-9-16-15-19(12-11-17(16)14-18)30-31(27,28)21(22,23)24/h11-12,15,18H,3-10,13-14H2,1-2H3/t18-/m1/s1. The lowest BCUT2D eigenvalue weighted by atomic mass is 9.91. The molecule has 0 aromatic heterocycles. The molecule has 0 saturated heterocycles. The minimum absolute atomic E-state index is 0.110. The first kappa shape index (κ1) is 25.3. The van der Waals surface area contributed by atoms with E-state index in [-0.39, 0.29) is 24.5 Å². The summed E-state index contributed by atoms with van der Waals surface area (Å²) < 4.78 is 70.2. The van der Waals surface area contributed by atoms with Gasteiger partial charge in [-0.15, -0.1) is 0 Å². The minimum atomic E-state index is -5.73. The fourth-order valence-electron chi connectivity index (χ4n) is 3.80. The molecule has 6 nitrogen and oxygen atoms in total. The zero-order valence-corrected chi connectivity index (χ0v) is 18.7. The van der Waals surface area contributed by atoms with E-state index < -0.39 is 15.6 Å². The summed E-state index contributed by atoms with van der Waals surface area (Å²) in [4.78, 5) is 14.2. The number of amides is 1. The molecule has 1 aliphatic carbocycles. The topological polar surface area (TPSA) is 72.9 Å². The van der Waals surface area contributed by atoms with Crippen LogP contribution in [0, 0.1) is 0 Å². The van der Waals surface area contributed by atoms with Gasteiger partial charge >= 0.3 is 21.7 Å². The van der Waals surface area contributed by atoms with Crippen molar-refractivity contribution in [3.05, 3.63) is 29.3 Å². The van der Waals surface area contributed by atoms with Gasteiger partial charge in [-0.25, -0.2) is 4.79 Å². The summed E-state index contributed by atoms with van der Waals surface area (Å²) >= 11 is 0. The van der Waals surface area contributed by atoms with Crippen molar-refractivity contribution in [1.29, 1.82) is 0 Å². The van der Waals surface area contributed by atoms with Crippen molar-refractivity contribution in [1.82, 2.24) is 4.90 Å². The molecule has 0 aliphatic heterocycles. The molecule has 0 unspecified atom stereocenters. The van der Waals surface area contributed by atoms with E-state index in [0.717, 1.165) is 49.7 Å². The number of rotatable bonds is 6. The Hall–Kier alpha value is -1.97. The lowest BCUT2D eigenvalue weighted by molar-refractivity contribution is -0.0500. The molecule has 0 spiro atoms. The van der Waals surface area contributed by atoms with Crippen molar-refractivity contribution in [3.63, 3.8) is 0 Å².